The summed E-state index contributed by atoms with van der Waals surface area (Å²) in [5, 5.41) is 0. The van der Waals surface area contributed by atoms with Crippen LogP contribution in [0.4, 0.5) is 8.78 Å². The normalized spacial score (nSPS) is 14.2. The van der Waals surface area contributed by atoms with Crippen molar-refractivity contribution in [2.24, 2.45) is 11.7 Å². The summed E-state index contributed by atoms with van der Waals surface area (Å²) in [4.78, 5) is 11.0. The van der Waals surface area contributed by atoms with Crippen LogP contribution in [0, 0.1) is 17.6 Å². The summed E-state index contributed by atoms with van der Waals surface area (Å²) in [5.74, 6) is -0.728. The molecule has 0 unspecified atom stereocenters. The minimum Gasteiger partial charge on any atom is -0.322 e. The number of hydrogen-bond donors (Lipinski definition) is 1. The van der Waals surface area contributed by atoms with E-state index in [4.69, 9.17) is 5.73 Å². The highest BCUT2D eigenvalue weighted by Gasteiger charge is 2.13. The molecule has 2 nitrogen and oxygen atoms in total. The predicted molar refractivity (Wildman–Crippen MR) is 71.7 cm³/mol. The molecule has 0 fully saturated rings. The molecule has 2 N–H and O–H groups in total. The van der Waals surface area contributed by atoms with E-state index >= 15 is 0 Å². The third-order valence-corrected chi connectivity index (χ3v) is 3.34. The Morgan fingerprint density at radius 2 is 2.05 bits per heavy atom. The van der Waals surface area contributed by atoms with E-state index in [0.717, 1.165) is 18.9 Å². The van der Waals surface area contributed by atoms with Gasteiger partial charge in [0.15, 0.2) is 0 Å². The van der Waals surface area contributed by atoms with Crippen molar-refractivity contribution in [3.05, 3.63) is 35.4 Å². The zero-order valence-electron chi connectivity index (χ0n) is 11.5. The molecule has 4 heteroatoms. The molecule has 0 bridgehead atoms. The van der Waals surface area contributed by atoms with Gasteiger partial charge in [0.1, 0.15) is 17.4 Å². The van der Waals surface area contributed by atoms with E-state index < -0.39 is 17.7 Å². The Morgan fingerprint density at radius 3 is 2.63 bits per heavy atom. The van der Waals surface area contributed by atoms with Crippen molar-refractivity contribution in [2.45, 2.75) is 45.6 Å². The lowest BCUT2D eigenvalue weighted by molar-refractivity contribution is -0.118. The van der Waals surface area contributed by atoms with E-state index in [0.29, 0.717) is 24.3 Å². The van der Waals surface area contributed by atoms with Crippen molar-refractivity contribution >= 4 is 5.78 Å². The molecular formula is C15H21F2NO. The smallest absolute Gasteiger partial charge is 0.146 e. The molecule has 0 aliphatic heterocycles. The second kappa shape index (κ2) is 7.34. The van der Waals surface area contributed by atoms with Gasteiger partial charge in [0.25, 0.3) is 0 Å². The first-order valence-corrected chi connectivity index (χ1v) is 6.60. The number of ketones is 1. The molecule has 19 heavy (non-hydrogen) atoms. The first kappa shape index (κ1) is 15.8. The molecule has 106 valence electrons. The maximum Gasteiger partial charge on any atom is 0.146 e. The lowest BCUT2D eigenvalue weighted by Gasteiger charge is -2.15. The van der Waals surface area contributed by atoms with E-state index in [2.05, 4.69) is 0 Å². The number of halogens is 2. The molecule has 0 aromatic heterocycles. The van der Waals surface area contributed by atoms with Gasteiger partial charge in [-0.05, 0) is 43.7 Å². The first-order chi connectivity index (χ1) is 8.90. The monoisotopic (exact) mass is 269 g/mol. The Balaban J connectivity index is 2.35. The average Bonchev–Trinajstić information content (AvgIpc) is 2.31. The molecule has 0 aliphatic carbocycles. The molecule has 0 spiro atoms. The number of benzene rings is 1. The highest BCUT2D eigenvalue weighted by atomic mass is 19.1. The van der Waals surface area contributed by atoms with E-state index in [9.17, 15) is 13.6 Å². The van der Waals surface area contributed by atoms with Gasteiger partial charge in [-0.15, -0.1) is 0 Å². The minimum absolute atomic E-state index is 0.00331. The number of carbonyl (C=O) groups is 1. The summed E-state index contributed by atoms with van der Waals surface area (Å²) >= 11 is 0. The standard InChI is InChI=1S/C15H21F2NO/c1-10(8-15(18)11(2)19)4-3-5-12-6-7-13(16)9-14(12)17/h6-7,9-10,15H,3-5,8,18H2,1-2H3/t10-,15+/m1/s1. The lowest BCUT2D eigenvalue weighted by atomic mass is 9.94. The molecule has 0 saturated heterocycles. The highest BCUT2D eigenvalue weighted by molar-refractivity contribution is 5.81. The van der Waals surface area contributed by atoms with Crippen LogP contribution in [0.15, 0.2) is 18.2 Å². The van der Waals surface area contributed by atoms with Crippen molar-refractivity contribution in [3.8, 4) is 0 Å². The molecule has 0 heterocycles. The summed E-state index contributed by atoms with van der Waals surface area (Å²) in [6.45, 7) is 3.52. The van der Waals surface area contributed by atoms with Crippen molar-refractivity contribution in [1.82, 2.24) is 0 Å². The predicted octanol–water partition coefficient (Wildman–Crippen LogP) is 3.23. The molecule has 0 saturated carbocycles. The zero-order chi connectivity index (χ0) is 14.4. The quantitative estimate of drug-likeness (QED) is 0.825. The Morgan fingerprint density at radius 1 is 1.37 bits per heavy atom. The van der Waals surface area contributed by atoms with Crippen molar-refractivity contribution in [2.75, 3.05) is 0 Å². The summed E-state index contributed by atoms with van der Waals surface area (Å²) in [6.07, 6.45) is 2.90. The van der Waals surface area contributed by atoms with Crippen LogP contribution in [0.25, 0.3) is 0 Å². The number of nitrogens with two attached hydrogens (primary N) is 1. The van der Waals surface area contributed by atoms with Gasteiger partial charge in [-0.2, -0.15) is 0 Å². The van der Waals surface area contributed by atoms with Crippen LogP contribution in [0.1, 0.15) is 38.7 Å². The van der Waals surface area contributed by atoms with Crippen LogP contribution in [0.3, 0.4) is 0 Å². The van der Waals surface area contributed by atoms with Gasteiger partial charge in [-0.25, -0.2) is 8.78 Å². The number of rotatable bonds is 7. The summed E-state index contributed by atoms with van der Waals surface area (Å²) < 4.78 is 26.1. The lowest BCUT2D eigenvalue weighted by Crippen LogP contribution is -2.30. The largest absolute Gasteiger partial charge is 0.322 e. The van der Waals surface area contributed by atoms with E-state index in [-0.39, 0.29) is 5.78 Å². The fourth-order valence-electron chi connectivity index (χ4n) is 2.08. The maximum atomic E-state index is 13.4. The minimum atomic E-state index is -0.554. The van der Waals surface area contributed by atoms with E-state index in [1.165, 1.54) is 19.1 Å². The topological polar surface area (TPSA) is 43.1 Å². The Labute approximate surface area is 113 Å². The molecule has 0 amide bonds. The number of hydrogen-bond acceptors (Lipinski definition) is 2. The van der Waals surface area contributed by atoms with E-state index in [1.807, 2.05) is 6.92 Å². The number of aryl methyl sites for hydroxylation is 1. The summed E-state index contributed by atoms with van der Waals surface area (Å²) in [5.41, 5.74) is 6.22. The second-order valence-corrected chi connectivity index (χ2v) is 5.19. The second-order valence-electron chi connectivity index (χ2n) is 5.19. The van der Waals surface area contributed by atoms with Gasteiger partial charge in [0.2, 0.25) is 0 Å². The van der Waals surface area contributed by atoms with Crippen LogP contribution in [-0.2, 0) is 11.2 Å². The third kappa shape index (κ3) is 5.47. The van der Waals surface area contributed by atoms with Gasteiger partial charge >= 0.3 is 0 Å². The van der Waals surface area contributed by atoms with Gasteiger partial charge in [0, 0.05) is 6.07 Å². The van der Waals surface area contributed by atoms with Gasteiger partial charge in [0.05, 0.1) is 6.04 Å². The Bertz CT molecular complexity index is 434. The van der Waals surface area contributed by atoms with Gasteiger partial charge in [-0.1, -0.05) is 19.4 Å². The fraction of sp³-hybridized carbons (Fsp3) is 0.533. The number of carbonyl (C=O) groups excluding carboxylic acids is 1. The van der Waals surface area contributed by atoms with Crippen LogP contribution < -0.4 is 5.73 Å². The van der Waals surface area contributed by atoms with Crippen LogP contribution in [0.2, 0.25) is 0 Å². The average molecular weight is 269 g/mol. The van der Waals surface area contributed by atoms with Crippen molar-refractivity contribution in [1.29, 1.82) is 0 Å². The Hall–Kier alpha value is -1.29. The zero-order valence-corrected chi connectivity index (χ0v) is 11.5. The molecule has 1 rings (SSSR count). The Kier molecular flexibility index (Phi) is 6.09. The van der Waals surface area contributed by atoms with Crippen LogP contribution >= 0.6 is 0 Å². The van der Waals surface area contributed by atoms with Crippen LogP contribution in [0.5, 0.6) is 0 Å². The molecule has 2 atom stereocenters. The van der Waals surface area contributed by atoms with Crippen LogP contribution in [-0.4, -0.2) is 11.8 Å². The number of Topliss-reactive ketones (excluding diaryl/α,β-unsaturated/α-hetero) is 1. The highest BCUT2D eigenvalue weighted by Crippen LogP contribution is 2.17. The van der Waals surface area contributed by atoms with Gasteiger partial charge in [-0.3, -0.25) is 4.79 Å². The van der Waals surface area contributed by atoms with Crippen molar-refractivity contribution in [3.63, 3.8) is 0 Å². The molecule has 0 radical (unpaired) electrons. The summed E-state index contributed by atoms with van der Waals surface area (Å²) in [7, 11) is 0. The molecule has 1 aromatic carbocycles. The maximum absolute atomic E-state index is 13.4. The molecule has 0 aliphatic rings. The molecular weight excluding hydrogens is 248 g/mol. The van der Waals surface area contributed by atoms with Gasteiger partial charge < -0.3 is 5.73 Å². The van der Waals surface area contributed by atoms with Crippen molar-refractivity contribution < 1.29 is 13.6 Å². The fourth-order valence-corrected chi connectivity index (χ4v) is 2.08. The molecule has 1 aromatic rings. The first-order valence-electron chi connectivity index (χ1n) is 6.60. The SMILES string of the molecule is CC(=O)[C@@H](N)C[C@H](C)CCCc1ccc(F)cc1F. The van der Waals surface area contributed by atoms with E-state index in [1.54, 1.807) is 0 Å². The third-order valence-electron chi connectivity index (χ3n) is 3.34. The summed E-state index contributed by atoms with van der Waals surface area (Å²) in [6, 6.07) is 3.26.